The molecule has 98 valence electrons. The number of hydrogen-bond acceptors (Lipinski definition) is 3. The molecule has 0 atom stereocenters. The van der Waals surface area contributed by atoms with Crippen LogP contribution in [0.5, 0.6) is 0 Å². The maximum Gasteiger partial charge on any atom is 0.360 e. The van der Waals surface area contributed by atoms with Gasteiger partial charge in [-0.2, -0.15) is 5.10 Å². The summed E-state index contributed by atoms with van der Waals surface area (Å²) in [5, 5.41) is 13.3. The van der Waals surface area contributed by atoms with Crippen molar-refractivity contribution in [2.75, 3.05) is 0 Å². The van der Waals surface area contributed by atoms with Crippen molar-refractivity contribution in [3.05, 3.63) is 56.5 Å². The van der Waals surface area contributed by atoms with E-state index in [1.54, 1.807) is 19.1 Å². The summed E-state index contributed by atoms with van der Waals surface area (Å²) in [6, 6.07) is 6.57. The third-order valence-corrected chi connectivity index (χ3v) is 3.20. The van der Waals surface area contributed by atoms with Crippen LogP contribution in [0, 0.1) is 13.8 Å². The van der Waals surface area contributed by atoms with Crippen molar-refractivity contribution in [2.45, 2.75) is 13.8 Å². The monoisotopic (exact) mass is 278 g/mol. The fourth-order valence-corrected chi connectivity index (χ4v) is 1.94. The maximum absolute atomic E-state index is 11.5. The second-order valence-corrected chi connectivity index (χ2v) is 4.50. The van der Waals surface area contributed by atoms with Crippen molar-refractivity contribution in [1.82, 2.24) is 9.78 Å². The van der Waals surface area contributed by atoms with Gasteiger partial charge in [-0.3, -0.25) is 4.79 Å². The Bertz CT molecular complexity index is 722. The number of carboxylic acids is 1. The molecule has 0 aliphatic rings. The summed E-state index contributed by atoms with van der Waals surface area (Å²) in [4.78, 5) is 22.5. The van der Waals surface area contributed by atoms with E-state index in [0.717, 1.165) is 5.56 Å². The fourth-order valence-electron chi connectivity index (χ4n) is 1.73. The van der Waals surface area contributed by atoms with Crippen molar-refractivity contribution in [3.63, 3.8) is 0 Å². The zero-order valence-corrected chi connectivity index (χ0v) is 11.1. The molecular formula is C13H11ClN2O3. The van der Waals surface area contributed by atoms with Crippen LogP contribution in [0.4, 0.5) is 0 Å². The molecule has 0 spiro atoms. The Hall–Kier alpha value is -2.14. The van der Waals surface area contributed by atoms with Crippen molar-refractivity contribution in [1.29, 1.82) is 0 Å². The Morgan fingerprint density at radius 1 is 1.37 bits per heavy atom. The van der Waals surface area contributed by atoms with Gasteiger partial charge in [0.15, 0.2) is 0 Å². The summed E-state index contributed by atoms with van der Waals surface area (Å²) in [7, 11) is 0. The van der Waals surface area contributed by atoms with Gasteiger partial charge in [-0.15, -0.1) is 0 Å². The lowest BCUT2D eigenvalue weighted by Gasteiger charge is -2.12. The van der Waals surface area contributed by atoms with E-state index >= 15 is 0 Å². The van der Waals surface area contributed by atoms with Gasteiger partial charge in [-0.05, 0) is 25.5 Å². The first-order chi connectivity index (χ1) is 8.91. The third kappa shape index (κ3) is 2.37. The number of hydrogen-bond donors (Lipinski definition) is 1. The lowest BCUT2D eigenvalue weighted by atomic mass is 10.2. The predicted octanol–water partition coefficient (Wildman–Crippen LogP) is 2.20. The van der Waals surface area contributed by atoms with Crippen molar-refractivity contribution in [2.24, 2.45) is 0 Å². The first-order valence-electron chi connectivity index (χ1n) is 5.51. The molecular weight excluding hydrogens is 268 g/mol. The molecule has 0 amide bonds. The van der Waals surface area contributed by atoms with E-state index in [9.17, 15) is 9.59 Å². The Kier molecular flexibility index (Phi) is 3.40. The molecule has 0 fully saturated rings. The molecule has 1 aromatic heterocycles. The second kappa shape index (κ2) is 4.85. The number of carbonyl (C=O) groups is 1. The van der Waals surface area contributed by atoms with Gasteiger partial charge in [-0.25, -0.2) is 9.48 Å². The van der Waals surface area contributed by atoms with Crippen LogP contribution in [0.15, 0.2) is 29.1 Å². The predicted molar refractivity (Wildman–Crippen MR) is 71.3 cm³/mol. The van der Waals surface area contributed by atoms with Gasteiger partial charge >= 0.3 is 5.97 Å². The fraction of sp³-hybridized carbons (Fsp3) is 0.154. The molecule has 1 aromatic carbocycles. The minimum absolute atomic E-state index is 0.470. The number of aromatic carboxylic acids is 1. The van der Waals surface area contributed by atoms with E-state index in [1.807, 2.05) is 13.0 Å². The molecule has 0 radical (unpaired) electrons. The lowest BCUT2D eigenvalue weighted by Crippen LogP contribution is -2.22. The Balaban J connectivity index is 2.76. The molecule has 0 bridgehead atoms. The highest BCUT2D eigenvalue weighted by atomic mass is 35.5. The molecule has 6 heteroatoms. The SMILES string of the molecule is Cc1cccc(-n2nc(C(=O)O)c(=O)cc2C)c1Cl. The molecule has 2 rings (SSSR count). The standard InChI is InChI=1S/C13H11ClN2O3/c1-7-4-3-5-9(11(7)14)16-8(2)6-10(17)12(15-16)13(18)19/h3-6H,1-2H3,(H,18,19). The van der Waals surface area contributed by atoms with E-state index in [4.69, 9.17) is 16.7 Å². The van der Waals surface area contributed by atoms with E-state index < -0.39 is 17.1 Å². The van der Waals surface area contributed by atoms with Gasteiger partial charge in [-0.1, -0.05) is 23.7 Å². The van der Waals surface area contributed by atoms with E-state index in [-0.39, 0.29) is 0 Å². The van der Waals surface area contributed by atoms with Crippen molar-refractivity contribution in [3.8, 4) is 5.69 Å². The minimum Gasteiger partial charge on any atom is -0.476 e. The Morgan fingerprint density at radius 3 is 2.68 bits per heavy atom. The molecule has 5 nitrogen and oxygen atoms in total. The average Bonchev–Trinajstić information content (AvgIpc) is 2.33. The number of carboxylic acid groups (broad SMARTS) is 1. The summed E-state index contributed by atoms with van der Waals surface area (Å²) in [5.74, 6) is -1.36. The molecule has 0 unspecified atom stereocenters. The van der Waals surface area contributed by atoms with Gasteiger partial charge in [0.05, 0.1) is 10.7 Å². The molecule has 0 saturated heterocycles. The van der Waals surface area contributed by atoms with Gasteiger partial charge < -0.3 is 5.11 Å². The molecule has 0 aliphatic heterocycles. The van der Waals surface area contributed by atoms with E-state index in [0.29, 0.717) is 16.4 Å². The largest absolute Gasteiger partial charge is 0.476 e. The number of halogens is 1. The zero-order chi connectivity index (χ0) is 14.2. The Morgan fingerprint density at radius 2 is 2.05 bits per heavy atom. The highest BCUT2D eigenvalue weighted by Gasteiger charge is 2.15. The van der Waals surface area contributed by atoms with Crippen LogP contribution in [0.2, 0.25) is 5.02 Å². The topological polar surface area (TPSA) is 72.2 Å². The van der Waals surface area contributed by atoms with Gasteiger partial charge in [0.2, 0.25) is 11.1 Å². The molecule has 2 aromatic rings. The van der Waals surface area contributed by atoms with Crippen LogP contribution in [0.25, 0.3) is 5.69 Å². The van der Waals surface area contributed by atoms with Crippen LogP contribution in [-0.4, -0.2) is 20.9 Å². The smallest absolute Gasteiger partial charge is 0.360 e. The molecule has 0 saturated carbocycles. The van der Waals surface area contributed by atoms with E-state index in [1.165, 1.54) is 10.7 Å². The van der Waals surface area contributed by atoms with Gasteiger partial charge in [0.25, 0.3) is 0 Å². The van der Waals surface area contributed by atoms with Crippen LogP contribution in [-0.2, 0) is 0 Å². The summed E-state index contributed by atoms with van der Waals surface area (Å²) >= 11 is 6.19. The first kappa shape index (κ1) is 13.3. The molecule has 19 heavy (non-hydrogen) atoms. The lowest BCUT2D eigenvalue weighted by molar-refractivity contribution is 0.0686. The molecule has 1 heterocycles. The highest BCUT2D eigenvalue weighted by molar-refractivity contribution is 6.33. The van der Waals surface area contributed by atoms with E-state index in [2.05, 4.69) is 5.10 Å². The summed E-state index contributed by atoms with van der Waals surface area (Å²) in [6.45, 7) is 3.50. The normalized spacial score (nSPS) is 10.5. The minimum atomic E-state index is -1.36. The van der Waals surface area contributed by atoms with Crippen LogP contribution in [0.1, 0.15) is 21.7 Å². The summed E-state index contributed by atoms with van der Waals surface area (Å²) in [5.41, 5.74) is 0.758. The summed E-state index contributed by atoms with van der Waals surface area (Å²) < 4.78 is 1.36. The van der Waals surface area contributed by atoms with Gasteiger partial charge in [0.1, 0.15) is 0 Å². The molecule has 1 N–H and O–H groups in total. The highest BCUT2D eigenvalue weighted by Crippen LogP contribution is 2.23. The third-order valence-electron chi connectivity index (χ3n) is 2.71. The van der Waals surface area contributed by atoms with Crippen molar-refractivity contribution < 1.29 is 9.90 Å². The quantitative estimate of drug-likeness (QED) is 0.914. The van der Waals surface area contributed by atoms with Crippen LogP contribution >= 0.6 is 11.6 Å². The average molecular weight is 279 g/mol. The Labute approximate surface area is 114 Å². The van der Waals surface area contributed by atoms with Gasteiger partial charge in [0, 0.05) is 11.8 Å². The van der Waals surface area contributed by atoms with Crippen LogP contribution < -0.4 is 5.43 Å². The van der Waals surface area contributed by atoms with Crippen molar-refractivity contribution >= 4 is 17.6 Å². The number of aryl methyl sites for hydroxylation is 2. The van der Waals surface area contributed by atoms with Crippen LogP contribution in [0.3, 0.4) is 0 Å². The zero-order valence-electron chi connectivity index (χ0n) is 10.3. The first-order valence-corrected chi connectivity index (χ1v) is 5.89. The number of rotatable bonds is 2. The second-order valence-electron chi connectivity index (χ2n) is 4.12. The number of benzene rings is 1. The number of aromatic nitrogens is 2. The summed E-state index contributed by atoms with van der Waals surface area (Å²) in [6.07, 6.45) is 0. The maximum atomic E-state index is 11.5. The number of nitrogens with zero attached hydrogens (tertiary/aromatic N) is 2. The molecule has 0 aliphatic carbocycles.